The van der Waals surface area contributed by atoms with Crippen molar-refractivity contribution >= 4 is 0 Å². The first-order valence-electron chi connectivity index (χ1n) is 10.5. The van der Waals surface area contributed by atoms with Crippen LogP contribution in [0.5, 0.6) is 0 Å². The van der Waals surface area contributed by atoms with Gasteiger partial charge < -0.3 is 4.74 Å². The molecule has 1 aliphatic rings. The zero-order valence-corrected chi connectivity index (χ0v) is 17.2. The highest BCUT2D eigenvalue weighted by atomic mass is 16.5. The Bertz CT molecular complexity index is 667. The van der Waals surface area contributed by atoms with E-state index in [2.05, 4.69) is 86.3 Å². The van der Waals surface area contributed by atoms with Crippen LogP contribution in [0, 0.1) is 5.92 Å². The van der Waals surface area contributed by atoms with Crippen LogP contribution in [0.2, 0.25) is 0 Å². The second-order valence-corrected chi connectivity index (χ2v) is 8.52. The van der Waals surface area contributed by atoms with Crippen molar-refractivity contribution in [2.45, 2.75) is 58.1 Å². The molecule has 2 aromatic carbocycles. The normalized spacial score (nSPS) is 20.5. The van der Waals surface area contributed by atoms with Crippen LogP contribution in [0.4, 0.5) is 0 Å². The quantitative estimate of drug-likeness (QED) is 0.578. The van der Waals surface area contributed by atoms with Crippen molar-refractivity contribution < 1.29 is 4.74 Å². The molecule has 146 valence electrons. The molecule has 27 heavy (non-hydrogen) atoms. The van der Waals surface area contributed by atoms with E-state index in [9.17, 15) is 0 Å². The van der Waals surface area contributed by atoms with Crippen molar-refractivity contribution in [2.24, 2.45) is 5.92 Å². The van der Waals surface area contributed by atoms with Gasteiger partial charge in [0.1, 0.15) is 0 Å². The van der Waals surface area contributed by atoms with Crippen LogP contribution in [-0.2, 0) is 11.3 Å². The van der Waals surface area contributed by atoms with Crippen molar-refractivity contribution in [3.63, 3.8) is 0 Å². The third-order valence-electron chi connectivity index (χ3n) is 5.98. The molecule has 3 rings (SSSR count). The minimum atomic E-state index is 0.00439. The predicted octanol–water partition coefficient (Wildman–Crippen LogP) is 5.89. The zero-order valence-electron chi connectivity index (χ0n) is 17.2. The average Bonchev–Trinajstić information content (AvgIpc) is 2.68. The first-order chi connectivity index (χ1) is 13.1. The second-order valence-electron chi connectivity index (χ2n) is 8.52. The fraction of sp³-hybridized carbons (Fsp3) is 0.520. The first-order valence-corrected chi connectivity index (χ1v) is 10.5. The molecule has 0 unspecified atom stereocenters. The lowest BCUT2D eigenvalue weighted by molar-refractivity contribution is -0.0775. The van der Waals surface area contributed by atoms with Crippen molar-refractivity contribution in [3.05, 3.63) is 71.8 Å². The van der Waals surface area contributed by atoms with E-state index in [1.165, 1.54) is 24.0 Å². The molecule has 0 saturated carbocycles. The topological polar surface area (TPSA) is 12.5 Å². The van der Waals surface area contributed by atoms with E-state index in [0.29, 0.717) is 11.8 Å². The molecular formula is C25H35NO. The monoisotopic (exact) mass is 365 g/mol. The fourth-order valence-corrected chi connectivity index (χ4v) is 4.51. The molecule has 2 heteroatoms. The van der Waals surface area contributed by atoms with E-state index in [1.807, 2.05) is 0 Å². The van der Waals surface area contributed by atoms with Crippen LogP contribution in [0.15, 0.2) is 60.7 Å². The van der Waals surface area contributed by atoms with E-state index in [-0.39, 0.29) is 5.60 Å². The molecule has 1 aliphatic heterocycles. The lowest BCUT2D eigenvalue weighted by Crippen LogP contribution is -2.37. The Morgan fingerprint density at radius 1 is 1.04 bits per heavy atom. The smallest absolute Gasteiger partial charge is 0.0629 e. The molecule has 2 nitrogen and oxygen atoms in total. The Hall–Kier alpha value is -1.64. The van der Waals surface area contributed by atoms with Gasteiger partial charge in [0, 0.05) is 13.2 Å². The minimum Gasteiger partial charge on any atom is -0.376 e. The molecule has 0 bridgehead atoms. The van der Waals surface area contributed by atoms with Crippen molar-refractivity contribution in [2.75, 3.05) is 19.7 Å². The Morgan fingerprint density at radius 3 is 2.33 bits per heavy atom. The Balaban J connectivity index is 1.69. The third kappa shape index (κ3) is 5.92. The molecule has 2 aromatic rings. The summed E-state index contributed by atoms with van der Waals surface area (Å²) in [5.41, 5.74) is 2.91. The number of rotatable bonds is 8. The summed E-state index contributed by atoms with van der Waals surface area (Å²) in [4.78, 5) is 2.58. The number of benzene rings is 2. The molecule has 0 radical (unpaired) electrons. The molecule has 0 amide bonds. The molecule has 0 aliphatic carbocycles. The van der Waals surface area contributed by atoms with E-state index in [1.54, 1.807) is 0 Å². The van der Waals surface area contributed by atoms with Crippen LogP contribution in [0.3, 0.4) is 0 Å². The number of nitrogens with zero attached hydrogens (tertiary/aromatic N) is 1. The van der Waals surface area contributed by atoms with Gasteiger partial charge in [0.05, 0.1) is 5.60 Å². The lowest BCUT2D eigenvalue weighted by atomic mass is 9.75. The summed E-state index contributed by atoms with van der Waals surface area (Å²) in [5, 5.41) is 0. The highest BCUT2D eigenvalue weighted by molar-refractivity contribution is 5.21. The summed E-state index contributed by atoms with van der Waals surface area (Å²) in [6.07, 6.45) is 3.54. The maximum Gasteiger partial charge on any atom is 0.0629 e. The molecule has 2 atom stereocenters. The van der Waals surface area contributed by atoms with Crippen molar-refractivity contribution in [1.82, 2.24) is 4.90 Å². The zero-order chi connectivity index (χ0) is 19.1. The largest absolute Gasteiger partial charge is 0.376 e. The maximum absolute atomic E-state index is 6.00. The van der Waals surface area contributed by atoms with Gasteiger partial charge in [-0.1, -0.05) is 67.6 Å². The summed E-state index contributed by atoms with van der Waals surface area (Å²) in [7, 11) is 0. The third-order valence-corrected chi connectivity index (χ3v) is 5.98. The summed E-state index contributed by atoms with van der Waals surface area (Å²) >= 11 is 0. The van der Waals surface area contributed by atoms with Crippen LogP contribution in [-0.4, -0.2) is 30.2 Å². The molecular weight excluding hydrogens is 330 g/mol. The summed E-state index contributed by atoms with van der Waals surface area (Å²) in [6, 6.07) is 22.0. The van der Waals surface area contributed by atoms with Crippen LogP contribution < -0.4 is 0 Å². The highest BCUT2D eigenvalue weighted by Crippen LogP contribution is 2.40. The standard InChI is InChI=1S/C25H35NO/c1-4-26(20-21-11-7-5-8-12-21)17-15-24(22-13-9-6-10-14-22)23-16-18-27-25(2,3)19-23/h5-14,23-24H,4,15-20H2,1-3H3/t23-,24+/m0/s1. The first kappa shape index (κ1) is 20.1. The van der Waals surface area contributed by atoms with Gasteiger partial charge in [0.25, 0.3) is 0 Å². The Kier molecular flexibility index (Phi) is 7.09. The molecule has 1 saturated heterocycles. The average molecular weight is 366 g/mol. The minimum absolute atomic E-state index is 0.00439. The second kappa shape index (κ2) is 9.52. The van der Waals surface area contributed by atoms with Gasteiger partial charge in [0.2, 0.25) is 0 Å². The highest BCUT2D eigenvalue weighted by Gasteiger charge is 2.34. The van der Waals surface area contributed by atoms with Crippen molar-refractivity contribution in [3.8, 4) is 0 Å². The predicted molar refractivity (Wildman–Crippen MR) is 114 cm³/mol. The van der Waals surface area contributed by atoms with Crippen LogP contribution in [0.25, 0.3) is 0 Å². The molecule has 0 spiro atoms. The van der Waals surface area contributed by atoms with Gasteiger partial charge in [-0.15, -0.1) is 0 Å². The van der Waals surface area contributed by atoms with E-state index in [0.717, 1.165) is 32.7 Å². The molecule has 0 aromatic heterocycles. The van der Waals surface area contributed by atoms with Gasteiger partial charge in [-0.2, -0.15) is 0 Å². The van der Waals surface area contributed by atoms with Crippen molar-refractivity contribution in [1.29, 1.82) is 0 Å². The summed E-state index contributed by atoms with van der Waals surface area (Å²) in [6.45, 7) is 10.9. The molecule has 1 fully saturated rings. The summed E-state index contributed by atoms with van der Waals surface area (Å²) in [5.74, 6) is 1.31. The van der Waals surface area contributed by atoms with E-state index < -0.39 is 0 Å². The summed E-state index contributed by atoms with van der Waals surface area (Å²) < 4.78 is 6.00. The van der Waals surface area contributed by atoms with Gasteiger partial charge in [-0.25, -0.2) is 0 Å². The van der Waals surface area contributed by atoms with Gasteiger partial charge in [-0.05, 0) is 69.2 Å². The molecule has 0 N–H and O–H groups in total. The maximum atomic E-state index is 6.00. The molecule has 1 heterocycles. The van der Waals surface area contributed by atoms with E-state index >= 15 is 0 Å². The van der Waals surface area contributed by atoms with Gasteiger partial charge in [-0.3, -0.25) is 4.90 Å². The van der Waals surface area contributed by atoms with Crippen LogP contribution >= 0.6 is 0 Å². The van der Waals surface area contributed by atoms with Crippen LogP contribution in [0.1, 0.15) is 57.1 Å². The fourth-order valence-electron chi connectivity index (χ4n) is 4.51. The number of ether oxygens (including phenoxy) is 1. The lowest BCUT2D eigenvalue weighted by Gasteiger charge is -2.40. The SMILES string of the molecule is CCN(CC[C@H](c1ccccc1)[C@H]1CCOC(C)(C)C1)Cc1ccccc1. The van der Waals surface area contributed by atoms with E-state index in [4.69, 9.17) is 4.74 Å². The Morgan fingerprint density at radius 2 is 1.70 bits per heavy atom. The van der Waals surface area contributed by atoms with Gasteiger partial charge >= 0.3 is 0 Å². The number of hydrogen-bond acceptors (Lipinski definition) is 2. The number of hydrogen-bond donors (Lipinski definition) is 0. The Labute approximate surface area is 165 Å². The van der Waals surface area contributed by atoms with Gasteiger partial charge in [0.15, 0.2) is 0 Å².